The first-order valence-corrected chi connectivity index (χ1v) is 14.4. The highest BCUT2D eigenvalue weighted by molar-refractivity contribution is 7.98. The van der Waals surface area contributed by atoms with Crippen molar-refractivity contribution in [1.29, 1.82) is 0 Å². The number of hydrogen-bond acceptors (Lipinski definition) is 6. The number of nitrogens with zero attached hydrogens (tertiary/aromatic N) is 2. The monoisotopic (exact) mass is 500 g/mol. The van der Waals surface area contributed by atoms with Gasteiger partial charge in [0.1, 0.15) is 5.01 Å². The minimum absolute atomic E-state index is 0.00385. The Bertz CT molecular complexity index is 1010. The van der Waals surface area contributed by atoms with E-state index in [0.717, 1.165) is 25.0 Å². The number of carbonyl (C=O) groups is 1. The van der Waals surface area contributed by atoms with Crippen LogP contribution in [0.1, 0.15) is 55.1 Å². The average molecular weight is 501 g/mol. The van der Waals surface area contributed by atoms with E-state index in [1.807, 2.05) is 41.0 Å². The Kier molecular flexibility index (Phi) is 7.09. The summed E-state index contributed by atoms with van der Waals surface area (Å²) in [6, 6.07) is 10.5. The fraction of sp³-hybridized carbons (Fsp3) is 0.630. The van der Waals surface area contributed by atoms with E-state index in [-0.39, 0.29) is 35.0 Å². The number of fused-ring (bicyclic) bond motifs is 2. The number of aliphatic hydroxyl groups is 1. The largest absolute Gasteiger partial charge is 0.392 e. The van der Waals surface area contributed by atoms with Crippen molar-refractivity contribution < 1.29 is 14.6 Å². The van der Waals surface area contributed by atoms with E-state index in [9.17, 15) is 9.90 Å². The lowest BCUT2D eigenvalue weighted by Gasteiger charge is -2.53. The van der Waals surface area contributed by atoms with Gasteiger partial charge in [0, 0.05) is 34.7 Å². The first-order valence-electron chi connectivity index (χ1n) is 12.6. The molecule has 1 N–H and O–H groups in total. The van der Waals surface area contributed by atoms with E-state index in [0.29, 0.717) is 26.3 Å². The third kappa shape index (κ3) is 4.57. The molecule has 184 valence electrons. The summed E-state index contributed by atoms with van der Waals surface area (Å²) in [5, 5.41) is 12.9. The van der Waals surface area contributed by atoms with E-state index in [1.54, 1.807) is 0 Å². The first-order chi connectivity index (χ1) is 16.4. The molecule has 1 aliphatic heterocycles. The highest BCUT2D eigenvalue weighted by Gasteiger charge is 2.54. The molecule has 6 atom stereocenters. The molecular weight excluding hydrogens is 464 g/mol. The molecule has 2 aromatic rings. The molecule has 0 bridgehead atoms. The van der Waals surface area contributed by atoms with Gasteiger partial charge < -0.3 is 14.7 Å². The molecule has 1 aromatic heterocycles. The first kappa shape index (κ1) is 24.3. The molecule has 34 heavy (non-hydrogen) atoms. The lowest BCUT2D eigenvalue weighted by atomic mass is 9.53. The Hall–Kier alpha value is -1.41. The molecule has 0 unspecified atom stereocenters. The predicted octanol–water partition coefficient (Wildman–Crippen LogP) is 4.98. The summed E-state index contributed by atoms with van der Waals surface area (Å²) < 4.78 is 5.42. The summed E-state index contributed by atoms with van der Waals surface area (Å²) in [6.45, 7) is 9.17. The zero-order chi connectivity index (χ0) is 23.9. The van der Waals surface area contributed by atoms with Crippen LogP contribution in [0.3, 0.4) is 0 Å². The number of benzene rings is 1. The van der Waals surface area contributed by atoms with Gasteiger partial charge in [-0.25, -0.2) is 4.98 Å². The number of ether oxygens (including phenoxy) is 1. The quantitative estimate of drug-likeness (QED) is 0.587. The van der Waals surface area contributed by atoms with Crippen molar-refractivity contribution in [3.8, 4) is 0 Å². The minimum atomic E-state index is -0.481. The van der Waals surface area contributed by atoms with Crippen LogP contribution in [0.25, 0.3) is 0 Å². The van der Waals surface area contributed by atoms with Crippen molar-refractivity contribution in [1.82, 2.24) is 9.88 Å². The fourth-order valence-corrected chi connectivity index (χ4v) is 8.86. The Labute approximate surface area is 211 Å². The van der Waals surface area contributed by atoms with Crippen LogP contribution in [0.5, 0.6) is 0 Å². The second-order valence-corrected chi connectivity index (χ2v) is 12.8. The second kappa shape index (κ2) is 9.92. The molecular formula is C27H36N2O3S2. The van der Waals surface area contributed by atoms with Gasteiger partial charge in [0.25, 0.3) is 0 Å². The predicted molar refractivity (Wildman–Crippen MR) is 137 cm³/mol. The maximum Gasteiger partial charge on any atom is 0.225 e. The number of amides is 1. The number of hydrogen-bond donors (Lipinski definition) is 1. The smallest absolute Gasteiger partial charge is 0.225 e. The summed E-state index contributed by atoms with van der Waals surface area (Å²) in [5.41, 5.74) is 1.24. The SMILES string of the molecule is C[C@H](C(=O)N1CCOCC1)[C@@H]1CC[C@@]2(C)Cc3sc(CSc4ccccc4)nc3[C@@H](C)[C@@H]2[C@H]1O. The summed E-state index contributed by atoms with van der Waals surface area (Å²) in [4.78, 5) is 22.9. The van der Waals surface area contributed by atoms with Gasteiger partial charge in [0.05, 0.1) is 30.8 Å². The molecule has 3 aliphatic rings. The van der Waals surface area contributed by atoms with E-state index in [4.69, 9.17) is 9.72 Å². The number of thiazole rings is 1. The number of aromatic nitrogens is 1. The molecule has 2 fully saturated rings. The summed E-state index contributed by atoms with van der Waals surface area (Å²) in [6.07, 6.45) is 2.46. The molecule has 1 amide bonds. The van der Waals surface area contributed by atoms with Crippen LogP contribution in [0, 0.1) is 23.2 Å². The number of rotatable bonds is 5. The van der Waals surface area contributed by atoms with Gasteiger partial charge in [-0.2, -0.15) is 0 Å². The molecule has 0 spiro atoms. The van der Waals surface area contributed by atoms with Crippen LogP contribution in [0.2, 0.25) is 0 Å². The fourth-order valence-electron chi connectivity index (χ4n) is 6.58. The molecule has 1 saturated heterocycles. The third-order valence-corrected chi connectivity index (χ3v) is 10.7. The highest BCUT2D eigenvalue weighted by atomic mass is 32.2. The molecule has 1 saturated carbocycles. The summed E-state index contributed by atoms with van der Waals surface area (Å²) in [7, 11) is 0. The Balaban J connectivity index is 1.32. The molecule has 7 heteroatoms. The standard InChI is InChI=1S/C27H36N2O3S2/c1-17(26(31)29-11-13-32-14-12-29)20-9-10-27(3)15-21-24(18(2)23(27)25(20)30)28-22(34-21)16-33-19-7-5-4-6-8-19/h4-8,17-18,20,23,25,30H,9-16H2,1-3H3/t17-,18-,20-,23+,25-,27-/m0/s1. The number of aliphatic hydroxyl groups excluding tert-OH is 1. The van der Waals surface area contributed by atoms with Crippen LogP contribution < -0.4 is 0 Å². The summed E-state index contributed by atoms with van der Waals surface area (Å²) >= 11 is 3.69. The van der Waals surface area contributed by atoms with Crippen molar-refractivity contribution in [3.63, 3.8) is 0 Å². The topological polar surface area (TPSA) is 62.7 Å². The lowest BCUT2D eigenvalue weighted by Crippen LogP contribution is -2.54. The maximum atomic E-state index is 13.2. The van der Waals surface area contributed by atoms with Gasteiger partial charge in [-0.3, -0.25) is 4.79 Å². The highest BCUT2D eigenvalue weighted by Crippen LogP contribution is 2.57. The minimum Gasteiger partial charge on any atom is -0.392 e. The van der Waals surface area contributed by atoms with E-state index >= 15 is 0 Å². The molecule has 5 rings (SSSR count). The number of morpholine rings is 1. The van der Waals surface area contributed by atoms with Gasteiger partial charge in [0.2, 0.25) is 5.91 Å². The lowest BCUT2D eigenvalue weighted by molar-refractivity contribution is -0.148. The molecule has 2 heterocycles. The Morgan fingerprint density at radius 2 is 2.06 bits per heavy atom. The maximum absolute atomic E-state index is 13.2. The van der Waals surface area contributed by atoms with Crippen LogP contribution in [0.4, 0.5) is 0 Å². The van der Waals surface area contributed by atoms with Crippen LogP contribution in [-0.4, -0.2) is 53.3 Å². The van der Waals surface area contributed by atoms with Crippen molar-refractivity contribution in [3.05, 3.63) is 45.9 Å². The third-order valence-electron chi connectivity index (χ3n) is 8.43. The average Bonchev–Trinajstić information content (AvgIpc) is 3.26. The van der Waals surface area contributed by atoms with Crippen molar-refractivity contribution in [2.24, 2.45) is 23.2 Å². The second-order valence-electron chi connectivity index (χ2n) is 10.6. The Morgan fingerprint density at radius 1 is 1.32 bits per heavy atom. The van der Waals surface area contributed by atoms with E-state index in [1.165, 1.54) is 20.5 Å². The van der Waals surface area contributed by atoms with Crippen molar-refractivity contribution >= 4 is 29.0 Å². The molecule has 5 nitrogen and oxygen atoms in total. The van der Waals surface area contributed by atoms with Gasteiger partial charge in [-0.15, -0.1) is 23.1 Å². The zero-order valence-electron chi connectivity index (χ0n) is 20.4. The molecule has 1 aromatic carbocycles. The number of thioether (sulfide) groups is 1. The number of carbonyl (C=O) groups excluding carboxylic acids is 1. The van der Waals surface area contributed by atoms with Crippen LogP contribution in [-0.2, 0) is 21.7 Å². The van der Waals surface area contributed by atoms with Crippen molar-refractivity contribution in [2.45, 2.75) is 62.7 Å². The normalized spacial score (nSPS) is 32.1. The molecule has 0 radical (unpaired) electrons. The summed E-state index contributed by atoms with van der Waals surface area (Å²) in [5.74, 6) is 1.23. The van der Waals surface area contributed by atoms with Crippen LogP contribution in [0.15, 0.2) is 35.2 Å². The Morgan fingerprint density at radius 3 is 2.79 bits per heavy atom. The van der Waals surface area contributed by atoms with Gasteiger partial charge in [0.15, 0.2) is 0 Å². The van der Waals surface area contributed by atoms with Gasteiger partial charge in [-0.1, -0.05) is 39.0 Å². The zero-order valence-corrected chi connectivity index (χ0v) is 22.0. The van der Waals surface area contributed by atoms with Gasteiger partial charge >= 0.3 is 0 Å². The van der Waals surface area contributed by atoms with E-state index in [2.05, 4.69) is 38.1 Å². The molecule has 2 aliphatic carbocycles. The van der Waals surface area contributed by atoms with Crippen molar-refractivity contribution in [2.75, 3.05) is 26.3 Å². The van der Waals surface area contributed by atoms with E-state index < -0.39 is 6.10 Å². The van der Waals surface area contributed by atoms with Crippen LogP contribution >= 0.6 is 23.1 Å². The van der Waals surface area contributed by atoms with Gasteiger partial charge in [-0.05, 0) is 48.6 Å².